The normalized spacial score (nSPS) is 14.8. The maximum atomic E-state index is 12.5. The number of carbonyl (C=O) groups excluding carboxylic acids is 3. The van der Waals surface area contributed by atoms with Gasteiger partial charge in [0.2, 0.25) is 17.7 Å². The number of aromatic nitrogens is 1. The second kappa shape index (κ2) is 10.5. The molecule has 1 heterocycles. The van der Waals surface area contributed by atoms with Gasteiger partial charge in [0.1, 0.15) is 18.6 Å². The maximum absolute atomic E-state index is 12.5. The number of nitrogens with two attached hydrogens (primary N) is 1. The number of H-pyrrole nitrogens is 1. The number of rotatable bonds is 10. The first-order chi connectivity index (χ1) is 14.6. The minimum absolute atomic E-state index is 0.206. The monoisotopic (exact) mass is 433 g/mol. The van der Waals surface area contributed by atoms with Gasteiger partial charge >= 0.3 is 5.97 Å². The number of hydrogen-bond donors (Lipinski definition) is 7. The standard InChI is InChI=1S/C20H27N5O6/c1-10(18(29)23-9-16(27)28)24-20(31)17(11(2)26)25-19(30)14(21)7-12-8-22-15-6-4-3-5-13(12)15/h3-6,8,10-11,14,17,22,26H,7,9,21H2,1-2H3,(H,23,29)(H,24,31)(H,25,30)(H,27,28). The lowest BCUT2D eigenvalue weighted by Crippen LogP contribution is -2.58. The molecule has 168 valence electrons. The average Bonchev–Trinajstić information content (AvgIpc) is 3.12. The molecule has 0 aliphatic heterocycles. The van der Waals surface area contributed by atoms with E-state index in [9.17, 15) is 24.3 Å². The van der Waals surface area contributed by atoms with Gasteiger partial charge in [0.25, 0.3) is 0 Å². The largest absolute Gasteiger partial charge is 0.480 e. The Morgan fingerprint density at radius 2 is 1.74 bits per heavy atom. The van der Waals surface area contributed by atoms with Crippen LogP contribution in [-0.4, -0.2) is 69.7 Å². The molecule has 31 heavy (non-hydrogen) atoms. The molecule has 11 nitrogen and oxygen atoms in total. The Labute approximate surface area is 178 Å². The first kappa shape index (κ1) is 23.8. The second-order valence-corrected chi connectivity index (χ2v) is 7.24. The van der Waals surface area contributed by atoms with Crippen molar-refractivity contribution in [1.82, 2.24) is 20.9 Å². The highest BCUT2D eigenvalue weighted by molar-refractivity contribution is 5.94. The fraction of sp³-hybridized carbons (Fsp3) is 0.400. The van der Waals surface area contributed by atoms with Crippen LogP contribution >= 0.6 is 0 Å². The summed E-state index contributed by atoms with van der Waals surface area (Å²) in [5, 5.41) is 26.3. The molecule has 11 heteroatoms. The predicted molar refractivity (Wildman–Crippen MR) is 112 cm³/mol. The number of aliphatic carboxylic acids is 1. The van der Waals surface area contributed by atoms with E-state index in [2.05, 4.69) is 20.9 Å². The molecule has 2 aromatic rings. The van der Waals surface area contributed by atoms with E-state index in [1.54, 1.807) is 6.20 Å². The van der Waals surface area contributed by atoms with Crippen LogP contribution in [0.2, 0.25) is 0 Å². The average molecular weight is 433 g/mol. The highest BCUT2D eigenvalue weighted by atomic mass is 16.4. The second-order valence-electron chi connectivity index (χ2n) is 7.24. The van der Waals surface area contributed by atoms with Gasteiger partial charge in [-0.3, -0.25) is 19.2 Å². The van der Waals surface area contributed by atoms with Crippen molar-refractivity contribution in [2.24, 2.45) is 5.73 Å². The molecule has 0 spiro atoms. The van der Waals surface area contributed by atoms with Crippen molar-refractivity contribution < 1.29 is 29.4 Å². The summed E-state index contributed by atoms with van der Waals surface area (Å²) in [6, 6.07) is 4.13. The number of hydrogen-bond acceptors (Lipinski definition) is 6. The molecule has 1 aromatic heterocycles. The Kier molecular flexibility index (Phi) is 8.11. The fourth-order valence-electron chi connectivity index (χ4n) is 2.98. The first-order valence-corrected chi connectivity index (χ1v) is 9.69. The Morgan fingerprint density at radius 3 is 2.39 bits per heavy atom. The van der Waals surface area contributed by atoms with Crippen molar-refractivity contribution in [3.05, 3.63) is 36.0 Å². The van der Waals surface area contributed by atoms with Gasteiger partial charge in [-0.1, -0.05) is 18.2 Å². The van der Waals surface area contributed by atoms with Gasteiger partial charge in [-0.05, 0) is 31.9 Å². The quantitative estimate of drug-likeness (QED) is 0.240. The molecule has 0 bridgehead atoms. The highest BCUT2D eigenvalue weighted by Gasteiger charge is 2.30. The molecule has 4 atom stereocenters. The van der Waals surface area contributed by atoms with Crippen LogP contribution in [0.4, 0.5) is 0 Å². The number of benzene rings is 1. The summed E-state index contributed by atoms with van der Waals surface area (Å²) in [5.74, 6) is -3.40. The lowest BCUT2D eigenvalue weighted by molar-refractivity contribution is -0.138. The minimum atomic E-state index is -1.35. The molecular formula is C20H27N5O6. The summed E-state index contributed by atoms with van der Waals surface area (Å²) in [7, 11) is 0. The van der Waals surface area contributed by atoms with Crippen LogP contribution in [0.1, 0.15) is 19.4 Å². The number of fused-ring (bicyclic) bond motifs is 1. The Morgan fingerprint density at radius 1 is 1.06 bits per heavy atom. The predicted octanol–water partition coefficient (Wildman–Crippen LogP) is -1.39. The summed E-state index contributed by atoms with van der Waals surface area (Å²) in [6.45, 7) is 2.06. The van der Waals surface area contributed by atoms with Crippen LogP contribution in [-0.2, 0) is 25.6 Å². The summed E-state index contributed by atoms with van der Waals surface area (Å²) >= 11 is 0. The minimum Gasteiger partial charge on any atom is -0.480 e. The third-order valence-electron chi connectivity index (χ3n) is 4.68. The number of amides is 3. The van der Waals surface area contributed by atoms with Crippen LogP contribution in [0.3, 0.4) is 0 Å². The highest BCUT2D eigenvalue weighted by Crippen LogP contribution is 2.18. The molecule has 0 radical (unpaired) electrons. The van der Waals surface area contributed by atoms with Crippen LogP contribution in [0.15, 0.2) is 30.5 Å². The van der Waals surface area contributed by atoms with E-state index in [1.165, 1.54) is 13.8 Å². The summed E-state index contributed by atoms with van der Waals surface area (Å²) in [4.78, 5) is 50.4. The van der Waals surface area contributed by atoms with Gasteiger partial charge in [-0.15, -0.1) is 0 Å². The van der Waals surface area contributed by atoms with Crippen LogP contribution in [0.25, 0.3) is 10.9 Å². The van der Waals surface area contributed by atoms with Crippen molar-refractivity contribution in [1.29, 1.82) is 0 Å². The molecule has 0 aliphatic rings. The van der Waals surface area contributed by atoms with E-state index in [0.29, 0.717) is 0 Å². The molecule has 0 saturated carbocycles. The zero-order valence-electron chi connectivity index (χ0n) is 17.2. The van der Waals surface area contributed by atoms with Crippen molar-refractivity contribution in [3.63, 3.8) is 0 Å². The molecule has 1 aromatic carbocycles. The number of para-hydroxylation sites is 1. The number of carboxylic acid groups (broad SMARTS) is 1. The van der Waals surface area contributed by atoms with E-state index in [1.807, 2.05) is 24.3 Å². The van der Waals surface area contributed by atoms with Crippen molar-refractivity contribution in [3.8, 4) is 0 Å². The fourth-order valence-corrected chi connectivity index (χ4v) is 2.98. The number of aromatic amines is 1. The van der Waals surface area contributed by atoms with Crippen molar-refractivity contribution in [2.45, 2.75) is 44.5 Å². The SMILES string of the molecule is CC(NC(=O)C(NC(=O)C(N)Cc1c[nH]c2ccccc12)C(C)O)C(=O)NCC(=O)O. The number of aliphatic hydroxyl groups excluding tert-OH is 1. The number of carbonyl (C=O) groups is 4. The Hall–Kier alpha value is -3.44. The van der Waals surface area contributed by atoms with Crippen LogP contribution in [0, 0.1) is 0 Å². The van der Waals surface area contributed by atoms with E-state index < -0.39 is 54.5 Å². The molecule has 4 unspecified atom stereocenters. The van der Waals surface area contributed by atoms with Gasteiger partial charge < -0.3 is 36.9 Å². The summed E-state index contributed by atoms with van der Waals surface area (Å²) < 4.78 is 0. The summed E-state index contributed by atoms with van der Waals surface area (Å²) in [5.41, 5.74) is 7.74. The van der Waals surface area contributed by atoms with Gasteiger partial charge in [-0.2, -0.15) is 0 Å². The number of nitrogens with one attached hydrogen (secondary N) is 4. The number of aliphatic hydroxyl groups is 1. The van der Waals surface area contributed by atoms with Crippen molar-refractivity contribution >= 4 is 34.6 Å². The molecule has 0 aliphatic carbocycles. The Balaban J connectivity index is 1.97. The zero-order valence-corrected chi connectivity index (χ0v) is 17.2. The van der Waals surface area contributed by atoms with E-state index in [4.69, 9.17) is 10.8 Å². The molecule has 3 amide bonds. The maximum Gasteiger partial charge on any atom is 0.322 e. The van der Waals surface area contributed by atoms with Crippen molar-refractivity contribution in [2.75, 3.05) is 6.54 Å². The van der Waals surface area contributed by atoms with E-state index in [0.717, 1.165) is 16.5 Å². The third-order valence-corrected chi connectivity index (χ3v) is 4.68. The lowest BCUT2D eigenvalue weighted by atomic mass is 10.0. The van der Waals surface area contributed by atoms with E-state index >= 15 is 0 Å². The Bertz CT molecular complexity index is 956. The molecule has 0 fully saturated rings. The lowest BCUT2D eigenvalue weighted by Gasteiger charge is -2.24. The van der Waals surface area contributed by atoms with Gasteiger partial charge in [0.15, 0.2) is 0 Å². The van der Waals surface area contributed by atoms with Gasteiger partial charge in [0, 0.05) is 17.1 Å². The smallest absolute Gasteiger partial charge is 0.322 e. The van der Waals surface area contributed by atoms with Crippen LogP contribution in [0.5, 0.6) is 0 Å². The zero-order chi connectivity index (χ0) is 23.1. The molecular weight excluding hydrogens is 406 g/mol. The molecule has 2 rings (SSSR count). The topological polar surface area (TPSA) is 187 Å². The van der Waals surface area contributed by atoms with E-state index in [-0.39, 0.29) is 6.42 Å². The summed E-state index contributed by atoms with van der Waals surface area (Å²) in [6.07, 6.45) is 0.699. The molecule has 0 saturated heterocycles. The molecule has 8 N–H and O–H groups in total. The van der Waals surface area contributed by atoms with Crippen LogP contribution < -0.4 is 21.7 Å². The third kappa shape index (κ3) is 6.52. The van der Waals surface area contributed by atoms with Gasteiger partial charge in [-0.25, -0.2) is 0 Å². The van der Waals surface area contributed by atoms with Gasteiger partial charge in [0.05, 0.1) is 12.1 Å². The number of carboxylic acids is 1. The first-order valence-electron chi connectivity index (χ1n) is 9.69.